The Hall–Kier alpha value is -3.39. The maximum absolute atomic E-state index is 12.2. The van der Waals surface area contributed by atoms with Crippen LogP contribution in [0.4, 0.5) is 4.79 Å². The number of carboxylic acid groups (broad SMARTS) is 1. The number of carboxylic acids is 1. The molecule has 1 aliphatic rings. The van der Waals surface area contributed by atoms with Gasteiger partial charge in [-0.25, -0.2) is 9.59 Å². The molecule has 0 aromatic heterocycles. The zero-order valence-corrected chi connectivity index (χ0v) is 19.4. The Kier molecular flexibility index (Phi) is 9.46. The number of benzene rings is 2. The minimum absolute atomic E-state index is 0.0336. The van der Waals surface area contributed by atoms with E-state index in [1.54, 1.807) is 0 Å². The van der Waals surface area contributed by atoms with Gasteiger partial charge in [-0.3, -0.25) is 4.79 Å². The highest BCUT2D eigenvalue weighted by atomic mass is 16.5. The van der Waals surface area contributed by atoms with Gasteiger partial charge in [0.15, 0.2) is 6.10 Å². The molecule has 1 aliphatic carbocycles. The first-order chi connectivity index (χ1) is 16.5. The van der Waals surface area contributed by atoms with Gasteiger partial charge in [0.2, 0.25) is 5.91 Å². The number of aliphatic carboxylic acids is 1. The van der Waals surface area contributed by atoms with Crippen LogP contribution in [0, 0.1) is 0 Å². The van der Waals surface area contributed by atoms with Crippen LogP contribution in [0.2, 0.25) is 0 Å². The van der Waals surface area contributed by atoms with Crippen LogP contribution in [-0.2, 0) is 19.1 Å². The fraction of sp³-hybridized carbons (Fsp3) is 0.423. The predicted molar refractivity (Wildman–Crippen MR) is 128 cm³/mol. The summed E-state index contributed by atoms with van der Waals surface area (Å²) in [6.45, 7) is 1.02. The lowest BCUT2D eigenvalue weighted by molar-refractivity contribution is -0.149. The van der Waals surface area contributed by atoms with Crippen LogP contribution in [-0.4, -0.2) is 56.0 Å². The molecule has 3 N–H and O–H groups in total. The molecule has 34 heavy (non-hydrogen) atoms. The Morgan fingerprint density at radius 1 is 0.912 bits per heavy atom. The number of ether oxygens (including phenoxy) is 2. The lowest BCUT2D eigenvalue weighted by Crippen LogP contribution is -2.31. The maximum Gasteiger partial charge on any atom is 0.407 e. The summed E-state index contributed by atoms with van der Waals surface area (Å²) in [5, 5.41) is 14.4. The quantitative estimate of drug-likeness (QED) is 0.386. The van der Waals surface area contributed by atoms with E-state index in [-0.39, 0.29) is 31.4 Å². The standard InChI is InChI=1S/C26H32N2O6/c1-33-23(25(30)31)14-16-27-24(29)13-3-2-8-15-28-26(32)34-17-22-20-11-6-4-9-18(20)19-10-5-7-12-21(19)22/h4-7,9-12,22-23H,2-3,8,13-17H2,1H3,(H,27,29)(H,28,32)(H,30,31). The Bertz CT molecular complexity index is 947. The highest BCUT2D eigenvalue weighted by Crippen LogP contribution is 2.44. The van der Waals surface area contributed by atoms with Gasteiger partial charge in [0.05, 0.1) is 0 Å². The van der Waals surface area contributed by atoms with Crippen molar-refractivity contribution < 1.29 is 29.0 Å². The molecule has 3 rings (SSSR count). The van der Waals surface area contributed by atoms with Crippen LogP contribution in [0.15, 0.2) is 48.5 Å². The zero-order chi connectivity index (χ0) is 24.3. The van der Waals surface area contributed by atoms with E-state index in [9.17, 15) is 14.4 Å². The molecule has 0 aliphatic heterocycles. The monoisotopic (exact) mass is 468 g/mol. The minimum Gasteiger partial charge on any atom is -0.479 e. The molecule has 0 spiro atoms. The van der Waals surface area contributed by atoms with Crippen molar-refractivity contribution in [2.45, 2.75) is 44.1 Å². The molecule has 0 fully saturated rings. The third kappa shape index (κ3) is 6.81. The molecular weight excluding hydrogens is 436 g/mol. The Morgan fingerprint density at radius 2 is 1.56 bits per heavy atom. The molecule has 8 heteroatoms. The molecule has 0 bridgehead atoms. The van der Waals surface area contributed by atoms with Gasteiger partial charge >= 0.3 is 12.1 Å². The number of rotatable bonds is 13. The van der Waals surface area contributed by atoms with Crippen molar-refractivity contribution in [2.75, 3.05) is 26.8 Å². The Balaban J connectivity index is 1.28. The Morgan fingerprint density at radius 3 is 2.18 bits per heavy atom. The van der Waals surface area contributed by atoms with Crippen molar-refractivity contribution in [3.8, 4) is 11.1 Å². The number of amides is 2. The molecule has 182 valence electrons. The topological polar surface area (TPSA) is 114 Å². The smallest absolute Gasteiger partial charge is 0.407 e. The summed E-state index contributed by atoms with van der Waals surface area (Å²) < 4.78 is 10.3. The normalized spacial score (nSPS) is 13.0. The average molecular weight is 469 g/mol. The summed E-state index contributed by atoms with van der Waals surface area (Å²) in [5.41, 5.74) is 4.74. The second kappa shape index (κ2) is 12.7. The highest BCUT2D eigenvalue weighted by molar-refractivity contribution is 5.79. The molecule has 0 radical (unpaired) electrons. The predicted octanol–water partition coefficient (Wildman–Crippen LogP) is 3.69. The SMILES string of the molecule is COC(CCNC(=O)CCCCCNC(=O)OCC1c2ccccc2-c2ccccc21)C(=O)O. The fourth-order valence-electron chi connectivity index (χ4n) is 4.20. The minimum atomic E-state index is -1.04. The number of hydrogen-bond donors (Lipinski definition) is 3. The molecule has 2 aromatic rings. The highest BCUT2D eigenvalue weighted by Gasteiger charge is 2.28. The van der Waals surface area contributed by atoms with Crippen LogP contribution in [0.25, 0.3) is 11.1 Å². The number of fused-ring (bicyclic) bond motifs is 3. The van der Waals surface area contributed by atoms with E-state index in [4.69, 9.17) is 14.6 Å². The number of unbranched alkanes of at least 4 members (excludes halogenated alkanes) is 2. The largest absolute Gasteiger partial charge is 0.479 e. The van der Waals surface area contributed by atoms with Gasteiger partial charge in [-0.2, -0.15) is 0 Å². The summed E-state index contributed by atoms with van der Waals surface area (Å²) in [6, 6.07) is 16.4. The van der Waals surface area contributed by atoms with E-state index in [0.717, 1.165) is 12.8 Å². The summed E-state index contributed by atoms with van der Waals surface area (Å²) >= 11 is 0. The second-order valence-corrected chi connectivity index (χ2v) is 8.26. The summed E-state index contributed by atoms with van der Waals surface area (Å²) in [4.78, 5) is 34.8. The fourth-order valence-corrected chi connectivity index (χ4v) is 4.20. The number of carbonyl (C=O) groups excluding carboxylic acids is 2. The van der Waals surface area contributed by atoms with E-state index in [1.807, 2.05) is 24.3 Å². The number of alkyl carbamates (subject to hydrolysis) is 1. The molecule has 2 amide bonds. The van der Waals surface area contributed by atoms with Gasteiger partial charge < -0.3 is 25.2 Å². The van der Waals surface area contributed by atoms with Gasteiger partial charge in [0, 0.05) is 39.0 Å². The second-order valence-electron chi connectivity index (χ2n) is 8.26. The third-order valence-corrected chi connectivity index (χ3v) is 5.98. The molecule has 0 heterocycles. The molecule has 8 nitrogen and oxygen atoms in total. The first-order valence-electron chi connectivity index (χ1n) is 11.6. The van der Waals surface area contributed by atoms with E-state index < -0.39 is 18.2 Å². The van der Waals surface area contributed by atoms with Crippen molar-refractivity contribution in [3.05, 3.63) is 59.7 Å². The molecule has 1 atom stereocenters. The number of carbonyl (C=O) groups is 3. The van der Waals surface area contributed by atoms with Crippen LogP contribution in [0.5, 0.6) is 0 Å². The van der Waals surface area contributed by atoms with Gasteiger partial charge in [0.25, 0.3) is 0 Å². The first-order valence-corrected chi connectivity index (χ1v) is 11.6. The van der Waals surface area contributed by atoms with Gasteiger partial charge in [-0.1, -0.05) is 55.0 Å². The summed E-state index contributed by atoms with van der Waals surface area (Å²) in [7, 11) is 1.33. The molecular formula is C26H32N2O6. The molecule has 2 aromatic carbocycles. The zero-order valence-electron chi connectivity index (χ0n) is 19.4. The van der Waals surface area contributed by atoms with E-state index >= 15 is 0 Å². The van der Waals surface area contributed by atoms with Crippen molar-refractivity contribution in [2.24, 2.45) is 0 Å². The lowest BCUT2D eigenvalue weighted by Gasteiger charge is -2.14. The van der Waals surface area contributed by atoms with Gasteiger partial charge in [-0.05, 0) is 35.1 Å². The van der Waals surface area contributed by atoms with Crippen LogP contribution < -0.4 is 10.6 Å². The molecule has 0 saturated heterocycles. The van der Waals surface area contributed by atoms with Gasteiger partial charge in [-0.15, -0.1) is 0 Å². The number of hydrogen-bond acceptors (Lipinski definition) is 5. The summed E-state index contributed by atoms with van der Waals surface area (Å²) in [5.74, 6) is -1.13. The maximum atomic E-state index is 12.2. The van der Waals surface area contributed by atoms with Crippen molar-refractivity contribution in [1.29, 1.82) is 0 Å². The molecule has 0 saturated carbocycles. The molecule has 1 unspecified atom stereocenters. The van der Waals surface area contributed by atoms with Gasteiger partial charge in [0.1, 0.15) is 6.61 Å². The number of nitrogens with one attached hydrogen (secondary N) is 2. The lowest BCUT2D eigenvalue weighted by atomic mass is 9.98. The van der Waals surface area contributed by atoms with Crippen LogP contribution in [0.1, 0.15) is 49.1 Å². The van der Waals surface area contributed by atoms with Crippen molar-refractivity contribution in [3.63, 3.8) is 0 Å². The summed E-state index contributed by atoms with van der Waals surface area (Å²) in [6.07, 6.45) is 1.44. The third-order valence-electron chi connectivity index (χ3n) is 5.98. The van der Waals surface area contributed by atoms with E-state index in [2.05, 4.69) is 34.9 Å². The Labute approximate surface area is 199 Å². The first kappa shape index (κ1) is 25.2. The van der Waals surface area contributed by atoms with E-state index in [1.165, 1.54) is 29.4 Å². The number of methoxy groups -OCH3 is 1. The van der Waals surface area contributed by atoms with Crippen LogP contribution in [0.3, 0.4) is 0 Å². The van der Waals surface area contributed by atoms with E-state index in [0.29, 0.717) is 19.4 Å². The van der Waals surface area contributed by atoms with Crippen molar-refractivity contribution in [1.82, 2.24) is 10.6 Å². The van der Waals surface area contributed by atoms with Crippen molar-refractivity contribution >= 4 is 18.0 Å². The average Bonchev–Trinajstić information content (AvgIpc) is 3.16. The van der Waals surface area contributed by atoms with Crippen LogP contribution >= 0.6 is 0 Å².